The summed E-state index contributed by atoms with van der Waals surface area (Å²) in [6.45, 7) is 1.37. The molecule has 2 aliphatic heterocycles. The number of hydrogen-bond acceptors (Lipinski definition) is 6. The van der Waals surface area contributed by atoms with Gasteiger partial charge in [0.2, 0.25) is 12.7 Å². The predicted molar refractivity (Wildman–Crippen MR) is 89.8 cm³/mol. The van der Waals surface area contributed by atoms with Gasteiger partial charge in [-0.15, -0.1) is 0 Å². The number of nitrogens with one attached hydrogen (secondary N) is 2. The Morgan fingerprint density at radius 2 is 2.19 bits per heavy atom. The summed E-state index contributed by atoms with van der Waals surface area (Å²) in [5.41, 5.74) is 0.431. The summed E-state index contributed by atoms with van der Waals surface area (Å²) in [6.07, 6.45) is 3.33. The summed E-state index contributed by atoms with van der Waals surface area (Å²) in [7, 11) is 0. The number of amides is 2. The molecule has 3 heterocycles. The van der Waals surface area contributed by atoms with Crippen molar-refractivity contribution in [2.75, 3.05) is 26.4 Å². The molecule has 0 aliphatic carbocycles. The van der Waals surface area contributed by atoms with Crippen molar-refractivity contribution in [2.24, 2.45) is 0 Å². The summed E-state index contributed by atoms with van der Waals surface area (Å²) in [5.74, 6) is 1.68. The van der Waals surface area contributed by atoms with Gasteiger partial charge in [-0.05, 0) is 31.0 Å². The van der Waals surface area contributed by atoms with Crippen molar-refractivity contribution in [2.45, 2.75) is 18.8 Å². The number of carbonyl (C=O) groups excluding carboxylic acids is 2. The number of piperidine rings is 1. The number of H-pyrrole nitrogens is 1. The second-order valence-electron chi connectivity index (χ2n) is 6.30. The Kier molecular flexibility index (Phi) is 4.42. The zero-order valence-corrected chi connectivity index (χ0v) is 14.1. The molecular weight excluding hydrogens is 338 g/mol. The van der Waals surface area contributed by atoms with Crippen LogP contribution in [0.25, 0.3) is 0 Å². The van der Waals surface area contributed by atoms with Crippen molar-refractivity contribution < 1.29 is 19.1 Å². The Labute approximate surface area is 149 Å². The highest BCUT2D eigenvalue weighted by Gasteiger charge is 2.26. The van der Waals surface area contributed by atoms with Gasteiger partial charge < -0.3 is 19.7 Å². The fourth-order valence-corrected chi connectivity index (χ4v) is 3.25. The summed E-state index contributed by atoms with van der Waals surface area (Å²) in [6, 6.07) is 4.95. The predicted octanol–water partition coefficient (Wildman–Crippen LogP) is 0.669. The number of hydrogen-bond donors (Lipinski definition) is 2. The number of nitrogens with zero attached hydrogens (tertiary/aromatic N) is 3. The maximum atomic E-state index is 12.5. The van der Waals surface area contributed by atoms with E-state index >= 15 is 0 Å². The van der Waals surface area contributed by atoms with Gasteiger partial charge in [-0.25, -0.2) is 4.98 Å². The van der Waals surface area contributed by atoms with Crippen LogP contribution in [-0.2, 0) is 4.79 Å². The van der Waals surface area contributed by atoms with Gasteiger partial charge in [0.25, 0.3) is 5.91 Å². The lowest BCUT2D eigenvalue weighted by atomic mass is 9.97. The summed E-state index contributed by atoms with van der Waals surface area (Å²) < 4.78 is 10.5. The molecule has 136 valence electrons. The Morgan fingerprint density at radius 1 is 1.31 bits per heavy atom. The minimum atomic E-state index is -0.319. The zero-order valence-electron chi connectivity index (χ0n) is 14.1. The molecule has 9 nitrogen and oxygen atoms in total. The van der Waals surface area contributed by atoms with Gasteiger partial charge in [0.05, 0.1) is 6.54 Å². The topological polar surface area (TPSA) is 109 Å². The number of aromatic nitrogens is 3. The van der Waals surface area contributed by atoms with Gasteiger partial charge in [0.15, 0.2) is 11.5 Å². The van der Waals surface area contributed by atoms with E-state index < -0.39 is 0 Å². The van der Waals surface area contributed by atoms with E-state index in [1.165, 1.54) is 6.33 Å². The largest absolute Gasteiger partial charge is 0.454 e. The lowest BCUT2D eigenvalue weighted by Gasteiger charge is -2.31. The van der Waals surface area contributed by atoms with Crippen LogP contribution in [0.4, 0.5) is 0 Å². The van der Waals surface area contributed by atoms with E-state index in [1.807, 2.05) is 0 Å². The lowest BCUT2D eigenvalue weighted by molar-refractivity contribution is -0.131. The number of aromatic amines is 1. The first-order valence-electron chi connectivity index (χ1n) is 8.51. The Bertz CT molecular complexity index is 807. The Hall–Kier alpha value is -3.10. The van der Waals surface area contributed by atoms with E-state index in [1.54, 1.807) is 23.1 Å². The van der Waals surface area contributed by atoms with E-state index in [2.05, 4.69) is 20.5 Å². The Balaban J connectivity index is 1.32. The van der Waals surface area contributed by atoms with E-state index in [-0.39, 0.29) is 31.1 Å². The molecule has 4 rings (SSSR count). The van der Waals surface area contributed by atoms with Crippen LogP contribution in [0.15, 0.2) is 24.5 Å². The van der Waals surface area contributed by atoms with Gasteiger partial charge in [0.1, 0.15) is 12.2 Å². The van der Waals surface area contributed by atoms with E-state index in [0.29, 0.717) is 30.2 Å². The molecule has 2 N–H and O–H groups in total. The number of benzene rings is 1. The number of likely N-dealkylation sites (tertiary alicyclic amines) is 1. The first-order valence-corrected chi connectivity index (χ1v) is 8.51. The fourth-order valence-electron chi connectivity index (χ4n) is 3.25. The van der Waals surface area contributed by atoms with Crippen molar-refractivity contribution in [3.63, 3.8) is 0 Å². The van der Waals surface area contributed by atoms with Gasteiger partial charge in [-0.3, -0.25) is 14.7 Å². The van der Waals surface area contributed by atoms with Crippen LogP contribution in [0, 0.1) is 0 Å². The maximum absolute atomic E-state index is 12.5. The molecule has 1 aromatic carbocycles. The minimum Gasteiger partial charge on any atom is -0.454 e. The second-order valence-corrected chi connectivity index (χ2v) is 6.30. The quantitative estimate of drug-likeness (QED) is 0.832. The number of rotatable bonds is 4. The van der Waals surface area contributed by atoms with E-state index in [4.69, 9.17) is 9.47 Å². The minimum absolute atomic E-state index is 0.0452. The average molecular weight is 357 g/mol. The second kappa shape index (κ2) is 7.03. The smallest absolute Gasteiger partial charge is 0.251 e. The third-order valence-corrected chi connectivity index (χ3v) is 4.63. The normalized spacial score (nSPS) is 18.6. The summed E-state index contributed by atoms with van der Waals surface area (Å²) >= 11 is 0. The molecule has 9 heteroatoms. The van der Waals surface area contributed by atoms with Crippen molar-refractivity contribution in [3.8, 4) is 11.5 Å². The molecule has 0 bridgehead atoms. The molecule has 1 saturated heterocycles. The van der Waals surface area contributed by atoms with Crippen molar-refractivity contribution >= 4 is 11.8 Å². The standard InChI is InChI=1S/C17H19N5O4/c23-15(22-5-1-2-12(8-22)16-19-9-20-21-16)7-18-17(24)11-3-4-13-14(6-11)26-10-25-13/h3-4,6,9,12H,1-2,5,7-8,10H2,(H,18,24)(H,19,20,21). The van der Waals surface area contributed by atoms with Crippen molar-refractivity contribution in [1.29, 1.82) is 0 Å². The average Bonchev–Trinajstić information content (AvgIpc) is 3.36. The molecule has 2 aliphatic rings. The summed E-state index contributed by atoms with van der Waals surface area (Å²) in [4.78, 5) is 30.7. The number of ether oxygens (including phenoxy) is 2. The third-order valence-electron chi connectivity index (χ3n) is 4.63. The third kappa shape index (κ3) is 3.32. The highest BCUT2D eigenvalue weighted by Crippen LogP contribution is 2.32. The fraction of sp³-hybridized carbons (Fsp3) is 0.412. The molecule has 0 radical (unpaired) electrons. The molecule has 2 aromatic rings. The highest BCUT2D eigenvalue weighted by molar-refractivity contribution is 5.97. The van der Waals surface area contributed by atoms with Gasteiger partial charge in [-0.2, -0.15) is 5.10 Å². The highest BCUT2D eigenvalue weighted by atomic mass is 16.7. The first-order chi connectivity index (χ1) is 12.7. The monoisotopic (exact) mass is 357 g/mol. The summed E-state index contributed by atoms with van der Waals surface area (Å²) in [5, 5.41) is 9.41. The van der Waals surface area contributed by atoms with Crippen LogP contribution in [-0.4, -0.2) is 58.3 Å². The van der Waals surface area contributed by atoms with Crippen LogP contribution < -0.4 is 14.8 Å². The van der Waals surface area contributed by atoms with Crippen LogP contribution in [0.2, 0.25) is 0 Å². The van der Waals surface area contributed by atoms with Gasteiger partial charge in [0, 0.05) is 24.6 Å². The van der Waals surface area contributed by atoms with E-state index in [0.717, 1.165) is 18.7 Å². The van der Waals surface area contributed by atoms with Crippen LogP contribution in [0.5, 0.6) is 11.5 Å². The van der Waals surface area contributed by atoms with E-state index in [9.17, 15) is 9.59 Å². The maximum Gasteiger partial charge on any atom is 0.251 e. The molecule has 1 aromatic heterocycles. The molecule has 1 unspecified atom stereocenters. The lowest BCUT2D eigenvalue weighted by Crippen LogP contribution is -2.44. The molecular formula is C17H19N5O4. The Morgan fingerprint density at radius 3 is 3.04 bits per heavy atom. The SMILES string of the molecule is O=C(NCC(=O)N1CCCC(c2ncn[nH]2)C1)c1ccc2c(c1)OCO2. The van der Waals surface area contributed by atoms with Gasteiger partial charge >= 0.3 is 0 Å². The van der Waals surface area contributed by atoms with Crippen LogP contribution in [0.1, 0.15) is 34.9 Å². The molecule has 1 atom stereocenters. The van der Waals surface area contributed by atoms with Crippen LogP contribution in [0.3, 0.4) is 0 Å². The molecule has 2 amide bonds. The number of fused-ring (bicyclic) bond motifs is 1. The van der Waals surface area contributed by atoms with Gasteiger partial charge in [-0.1, -0.05) is 0 Å². The van der Waals surface area contributed by atoms with Crippen LogP contribution >= 0.6 is 0 Å². The zero-order chi connectivity index (χ0) is 17.9. The van der Waals surface area contributed by atoms with Crippen molar-refractivity contribution in [1.82, 2.24) is 25.4 Å². The first kappa shape index (κ1) is 16.4. The molecule has 1 fully saturated rings. The molecule has 0 spiro atoms. The molecule has 0 saturated carbocycles. The van der Waals surface area contributed by atoms with Crippen molar-refractivity contribution in [3.05, 3.63) is 35.9 Å². The molecule has 26 heavy (non-hydrogen) atoms. The number of carbonyl (C=O) groups is 2.